The van der Waals surface area contributed by atoms with Gasteiger partial charge in [0.05, 0.1) is 26.5 Å². The molecule has 1 rings (SSSR count). The molecule has 1 heterocycles. The number of rotatable bonds is 7. The first kappa shape index (κ1) is 18.8. The van der Waals surface area contributed by atoms with E-state index >= 15 is 0 Å². The van der Waals surface area contributed by atoms with Crippen molar-refractivity contribution in [1.29, 1.82) is 0 Å². The lowest BCUT2D eigenvalue weighted by atomic mass is 10.0. The van der Waals surface area contributed by atoms with Gasteiger partial charge in [-0.2, -0.15) is 0 Å². The second-order valence-electron chi connectivity index (χ2n) is 4.99. The van der Waals surface area contributed by atoms with Gasteiger partial charge in [-0.05, 0) is 20.3 Å². The molecule has 128 valence electrons. The van der Waals surface area contributed by atoms with Gasteiger partial charge in [-0.3, -0.25) is 4.99 Å². The maximum atomic E-state index is 12.2. The lowest BCUT2D eigenvalue weighted by molar-refractivity contribution is -0.186. The summed E-state index contributed by atoms with van der Waals surface area (Å²) in [6.07, 6.45) is 1.52. The molecular weight excluding hydrogens is 306 g/mol. The number of aliphatic imine (C=N–C) groups is 1. The fourth-order valence-corrected chi connectivity index (χ4v) is 2.02. The quantitative estimate of drug-likeness (QED) is 0.295. The Hall–Kier alpha value is -2.22. The van der Waals surface area contributed by atoms with Crippen LogP contribution in [0.3, 0.4) is 0 Å². The minimum atomic E-state index is -1.91. The van der Waals surface area contributed by atoms with Crippen molar-refractivity contribution in [2.24, 2.45) is 4.99 Å². The number of hydrogen-bond donors (Lipinski definition) is 0. The van der Waals surface area contributed by atoms with Crippen LogP contribution >= 0.6 is 0 Å². The lowest BCUT2D eigenvalue weighted by Crippen LogP contribution is -2.42. The summed E-state index contributed by atoms with van der Waals surface area (Å²) in [5, 5.41) is 0. The van der Waals surface area contributed by atoms with E-state index in [4.69, 9.17) is 9.47 Å². The van der Waals surface area contributed by atoms with Crippen LogP contribution in [0, 0.1) is 0 Å². The van der Waals surface area contributed by atoms with Gasteiger partial charge in [-0.25, -0.2) is 14.4 Å². The third-order valence-electron chi connectivity index (χ3n) is 2.85. The van der Waals surface area contributed by atoms with Gasteiger partial charge in [0.25, 0.3) is 5.79 Å². The topological polar surface area (TPSA) is 100 Å². The van der Waals surface area contributed by atoms with Gasteiger partial charge in [0.15, 0.2) is 5.57 Å². The second kappa shape index (κ2) is 7.87. The highest BCUT2D eigenvalue weighted by molar-refractivity contribution is 6.23. The van der Waals surface area contributed by atoms with Crippen LogP contribution in [0.2, 0.25) is 0 Å². The minimum absolute atomic E-state index is 0.370. The van der Waals surface area contributed by atoms with Crippen LogP contribution in [0.25, 0.3) is 0 Å². The summed E-state index contributed by atoms with van der Waals surface area (Å²) in [5.41, 5.74) is -0.923. The molecule has 1 unspecified atom stereocenters. The first-order chi connectivity index (χ1) is 10.8. The molecule has 0 fully saturated rings. The van der Waals surface area contributed by atoms with Crippen molar-refractivity contribution in [3.05, 3.63) is 11.1 Å². The molecule has 23 heavy (non-hydrogen) atoms. The van der Waals surface area contributed by atoms with Crippen LogP contribution < -0.4 is 0 Å². The molecule has 0 bridgehead atoms. The maximum absolute atomic E-state index is 12.2. The Bertz CT molecular complexity index is 550. The molecule has 0 aromatic heterocycles. The summed E-state index contributed by atoms with van der Waals surface area (Å²) >= 11 is 0. The summed E-state index contributed by atoms with van der Waals surface area (Å²) in [6.45, 7) is 5.72. The Morgan fingerprint density at radius 2 is 1.87 bits per heavy atom. The number of hydrogen-bond acceptors (Lipinski definition) is 8. The van der Waals surface area contributed by atoms with E-state index in [2.05, 4.69) is 14.5 Å². The van der Waals surface area contributed by atoms with E-state index in [9.17, 15) is 14.4 Å². The van der Waals surface area contributed by atoms with Crippen molar-refractivity contribution in [2.75, 3.05) is 20.8 Å². The van der Waals surface area contributed by atoms with Crippen molar-refractivity contribution in [3.63, 3.8) is 0 Å². The van der Waals surface area contributed by atoms with Gasteiger partial charge < -0.3 is 18.9 Å². The molecule has 1 atom stereocenters. The zero-order valence-electron chi connectivity index (χ0n) is 13.9. The van der Waals surface area contributed by atoms with Crippen LogP contribution in [-0.2, 0) is 33.3 Å². The molecule has 8 heteroatoms. The predicted molar refractivity (Wildman–Crippen MR) is 79.8 cm³/mol. The van der Waals surface area contributed by atoms with E-state index in [1.54, 1.807) is 13.8 Å². The Morgan fingerprint density at radius 3 is 2.35 bits per heavy atom. The van der Waals surface area contributed by atoms with Gasteiger partial charge in [0, 0.05) is 6.54 Å². The summed E-state index contributed by atoms with van der Waals surface area (Å²) in [4.78, 5) is 40.2. The third-order valence-corrected chi connectivity index (χ3v) is 2.85. The van der Waals surface area contributed by atoms with E-state index in [1.807, 2.05) is 6.92 Å². The summed E-state index contributed by atoms with van der Waals surface area (Å²) < 4.78 is 20.0. The number of nitrogens with zero attached hydrogens (tertiary/aromatic N) is 1. The van der Waals surface area contributed by atoms with Crippen molar-refractivity contribution >= 4 is 24.1 Å². The van der Waals surface area contributed by atoms with Gasteiger partial charge in [0.2, 0.25) is 0 Å². The van der Waals surface area contributed by atoms with Gasteiger partial charge in [-0.1, -0.05) is 6.92 Å². The third kappa shape index (κ3) is 3.95. The molecule has 0 aromatic rings. The molecule has 0 spiro atoms. The lowest BCUT2D eigenvalue weighted by Gasteiger charge is -2.27. The van der Waals surface area contributed by atoms with Crippen LogP contribution in [0.1, 0.15) is 27.2 Å². The number of ether oxygens (including phenoxy) is 4. The minimum Gasteiger partial charge on any atom is -0.465 e. The van der Waals surface area contributed by atoms with E-state index in [0.717, 1.165) is 20.6 Å². The predicted octanol–water partition coefficient (Wildman–Crippen LogP) is 0.788. The molecule has 0 saturated heterocycles. The van der Waals surface area contributed by atoms with E-state index in [1.165, 1.54) is 6.21 Å². The number of carbonyl (C=O) groups is 3. The Balaban J connectivity index is 3.52. The molecule has 0 radical (unpaired) electrons. The monoisotopic (exact) mass is 327 g/mol. The molecular formula is C15H21NO7. The average molecular weight is 327 g/mol. The first-order valence-electron chi connectivity index (χ1n) is 7.16. The molecule has 1 aliphatic heterocycles. The van der Waals surface area contributed by atoms with Gasteiger partial charge in [-0.15, -0.1) is 0 Å². The highest BCUT2D eigenvalue weighted by Gasteiger charge is 2.55. The van der Waals surface area contributed by atoms with E-state index < -0.39 is 35.4 Å². The van der Waals surface area contributed by atoms with Crippen molar-refractivity contribution in [2.45, 2.75) is 39.1 Å². The Labute approximate surface area is 134 Å². The number of cyclic esters (lactones) is 1. The van der Waals surface area contributed by atoms with Gasteiger partial charge >= 0.3 is 17.9 Å². The smallest absolute Gasteiger partial charge is 0.349 e. The molecule has 0 N–H and O–H groups in total. The fourth-order valence-electron chi connectivity index (χ4n) is 2.02. The number of esters is 3. The average Bonchev–Trinajstić information content (AvgIpc) is 2.77. The first-order valence-corrected chi connectivity index (χ1v) is 7.16. The zero-order chi connectivity index (χ0) is 17.6. The van der Waals surface area contributed by atoms with Gasteiger partial charge in [0.1, 0.15) is 5.57 Å². The largest absolute Gasteiger partial charge is 0.465 e. The highest BCUT2D eigenvalue weighted by atomic mass is 16.7. The zero-order valence-corrected chi connectivity index (χ0v) is 13.9. The van der Waals surface area contributed by atoms with Crippen molar-refractivity contribution in [1.82, 2.24) is 0 Å². The summed E-state index contributed by atoms with van der Waals surface area (Å²) in [6, 6.07) is 0. The normalized spacial score (nSPS) is 21.0. The van der Waals surface area contributed by atoms with E-state index in [-0.39, 0.29) is 5.57 Å². The van der Waals surface area contributed by atoms with E-state index in [0.29, 0.717) is 6.54 Å². The van der Waals surface area contributed by atoms with Crippen LogP contribution in [0.4, 0.5) is 0 Å². The molecule has 0 aromatic carbocycles. The molecule has 1 aliphatic rings. The van der Waals surface area contributed by atoms with Crippen LogP contribution in [0.15, 0.2) is 16.1 Å². The standard InChI is InChI=1S/C15H21NO7/c1-6-7-16-8-15(22-9(2)3)11(14(19)21-5)10(12(17)20-4)13(18)23-15/h8-9H,6-7H2,1-5H3. The van der Waals surface area contributed by atoms with Crippen LogP contribution in [0.5, 0.6) is 0 Å². The number of methoxy groups -OCH3 is 2. The second-order valence-corrected chi connectivity index (χ2v) is 4.99. The Kier molecular flexibility index (Phi) is 6.44. The fraction of sp³-hybridized carbons (Fsp3) is 0.600. The molecule has 0 amide bonds. The Morgan fingerprint density at radius 1 is 1.26 bits per heavy atom. The highest BCUT2D eigenvalue weighted by Crippen LogP contribution is 2.35. The summed E-state index contributed by atoms with van der Waals surface area (Å²) in [7, 11) is 2.21. The summed E-state index contributed by atoms with van der Waals surface area (Å²) in [5.74, 6) is -4.87. The molecule has 0 saturated carbocycles. The maximum Gasteiger partial charge on any atom is 0.349 e. The SMILES string of the molecule is CCCN=CC1(OC(C)C)OC(=O)C(C(=O)OC)=C1C(=O)OC. The molecule has 0 aliphatic carbocycles. The molecule has 8 nitrogen and oxygen atoms in total. The van der Waals surface area contributed by atoms with Crippen molar-refractivity contribution in [3.8, 4) is 0 Å². The number of carbonyl (C=O) groups excluding carboxylic acids is 3. The van der Waals surface area contributed by atoms with Crippen molar-refractivity contribution < 1.29 is 33.3 Å². The van der Waals surface area contributed by atoms with Crippen LogP contribution in [-0.4, -0.2) is 56.8 Å².